The van der Waals surface area contributed by atoms with Crippen molar-refractivity contribution in [1.82, 2.24) is 9.97 Å². The number of carboxylic acids is 1. The van der Waals surface area contributed by atoms with Crippen LogP contribution < -0.4 is 4.72 Å². The predicted octanol–water partition coefficient (Wildman–Crippen LogP) is 1.56. The summed E-state index contributed by atoms with van der Waals surface area (Å²) in [5.74, 6) is -1.25. The number of benzene rings is 1. The molecule has 0 bridgehead atoms. The molecule has 0 saturated heterocycles. The number of carboxylic acid groups (broad SMARTS) is 1. The number of nitrogens with zero attached hydrogens (tertiary/aromatic N) is 1. The first kappa shape index (κ1) is 13.4. The number of aromatic nitrogens is 2. The van der Waals surface area contributed by atoms with Gasteiger partial charge in [-0.15, -0.1) is 0 Å². The second-order valence-corrected chi connectivity index (χ2v) is 5.50. The first-order valence-electron chi connectivity index (χ1n) is 4.95. The van der Waals surface area contributed by atoms with E-state index in [1.807, 2.05) is 0 Å². The van der Waals surface area contributed by atoms with Crippen molar-refractivity contribution in [3.8, 4) is 0 Å². The number of aromatic amines is 1. The average Bonchev–Trinajstić information content (AvgIpc) is 2.85. The summed E-state index contributed by atoms with van der Waals surface area (Å²) in [5, 5.41) is 8.65. The summed E-state index contributed by atoms with van der Waals surface area (Å²) in [6.07, 6.45) is 2.65. The van der Waals surface area contributed by atoms with Crippen LogP contribution in [0, 0.1) is 0 Å². The van der Waals surface area contributed by atoms with Crippen molar-refractivity contribution in [2.24, 2.45) is 0 Å². The third-order valence-corrected chi connectivity index (χ3v) is 3.74. The Morgan fingerprint density at radius 3 is 2.74 bits per heavy atom. The molecule has 0 aliphatic heterocycles. The summed E-state index contributed by atoms with van der Waals surface area (Å²) in [6, 6.07) is 3.78. The maximum Gasteiger partial charge on any atom is 0.337 e. The van der Waals surface area contributed by atoms with Crippen molar-refractivity contribution < 1.29 is 18.3 Å². The lowest BCUT2D eigenvalue weighted by Gasteiger charge is -2.07. The molecule has 3 N–H and O–H groups in total. The van der Waals surface area contributed by atoms with E-state index in [9.17, 15) is 13.2 Å². The van der Waals surface area contributed by atoms with Crippen molar-refractivity contribution in [3.05, 3.63) is 41.2 Å². The summed E-state index contributed by atoms with van der Waals surface area (Å²) in [6.45, 7) is 0. The fourth-order valence-corrected chi connectivity index (χ4v) is 2.51. The molecule has 19 heavy (non-hydrogen) atoms. The second-order valence-electron chi connectivity index (χ2n) is 3.50. The van der Waals surface area contributed by atoms with Gasteiger partial charge in [0.2, 0.25) is 5.16 Å². The molecule has 2 rings (SSSR count). The van der Waals surface area contributed by atoms with Crippen molar-refractivity contribution in [2.75, 3.05) is 4.72 Å². The Kier molecular flexibility index (Phi) is 3.45. The molecule has 0 saturated carbocycles. The zero-order valence-electron chi connectivity index (χ0n) is 9.29. The van der Waals surface area contributed by atoms with Gasteiger partial charge in [-0.25, -0.2) is 9.78 Å². The van der Waals surface area contributed by atoms with Gasteiger partial charge in [0.25, 0.3) is 10.0 Å². The topological polar surface area (TPSA) is 112 Å². The van der Waals surface area contributed by atoms with Gasteiger partial charge in [-0.1, -0.05) is 11.6 Å². The molecule has 0 aliphatic carbocycles. The van der Waals surface area contributed by atoms with E-state index in [4.69, 9.17) is 16.7 Å². The summed E-state index contributed by atoms with van der Waals surface area (Å²) < 4.78 is 25.9. The van der Waals surface area contributed by atoms with Crippen molar-refractivity contribution in [3.63, 3.8) is 0 Å². The van der Waals surface area contributed by atoms with Gasteiger partial charge < -0.3 is 10.1 Å². The SMILES string of the molecule is O=C(O)c1cc(NS(=O)(=O)c2ncc[nH]2)ccc1Cl. The lowest BCUT2D eigenvalue weighted by Crippen LogP contribution is -2.15. The predicted molar refractivity (Wildman–Crippen MR) is 67.8 cm³/mol. The minimum atomic E-state index is -3.88. The molecule has 1 heterocycles. The number of carbonyl (C=O) groups is 1. The number of rotatable bonds is 4. The van der Waals surface area contributed by atoms with E-state index >= 15 is 0 Å². The van der Waals surface area contributed by atoms with E-state index in [2.05, 4.69) is 14.7 Å². The van der Waals surface area contributed by atoms with Gasteiger partial charge in [-0.05, 0) is 18.2 Å². The molecule has 0 spiro atoms. The van der Waals surface area contributed by atoms with Gasteiger partial charge in [-0.2, -0.15) is 8.42 Å². The van der Waals surface area contributed by atoms with Crippen molar-refractivity contribution in [2.45, 2.75) is 5.16 Å². The third-order valence-electron chi connectivity index (χ3n) is 2.18. The van der Waals surface area contributed by atoms with Crippen LogP contribution in [0.25, 0.3) is 0 Å². The first-order valence-corrected chi connectivity index (χ1v) is 6.81. The van der Waals surface area contributed by atoms with Gasteiger partial charge in [0, 0.05) is 18.1 Å². The Bertz CT molecular complexity index is 712. The fraction of sp³-hybridized carbons (Fsp3) is 0. The van der Waals surface area contributed by atoms with Crippen LogP contribution in [0.2, 0.25) is 5.02 Å². The highest BCUT2D eigenvalue weighted by atomic mass is 35.5. The van der Waals surface area contributed by atoms with Crippen LogP contribution in [-0.4, -0.2) is 29.5 Å². The van der Waals surface area contributed by atoms with E-state index in [1.54, 1.807) is 0 Å². The highest BCUT2D eigenvalue weighted by molar-refractivity contribution is 7.92. The smallest absolute Gasteiger partial charge is 0.337 e. The van der Waals surface area contributed by atoms with Crippen LogP contribution in [0.1, 0.15) is 10.4 Å². The largest absolute Gasteiger partial charge is 0.478 e. The van der Waals surface area contributed by atoms with Gasteiger partial charge in [0.05, 0.1) is 10.6 Å². The van der Waals surface area contributed by atoms with Crippen molar-refractivity contribution >= 4 is 33.3 Å². The molecule has 9 heteroatoms. The van der Waals surface area contributed by atoms with Crippen LogP contribution in [0.15, 0.2) is 35.7 Å². The highest BCUT2D eigenvalue weighted by Gasteiger charge is 2.18. The van der Waals surface area contributed by atoms with E-state index in [0.717, 1.165) is 6.07 Å². The number of sulfonamides is 1. The molecule has 100 valence electrons. The van der Waals surface area contributed by atoms with Crippen LogP contribution in [0.3, 0.4) is 0 Å². The molecule has 0 atom stereocenters. The van der Waals surface area contributed by atoms with Gasteiger partial charge in [0.1, 0.15) is 0 Å². The number of hydrogen-bond acceptors (Lipinski definition) is 4. The van der Waals surface area contributed by atoms with Crippen LogP contribution in [0.4, 0.5) is 5.69 Å². The number of H-pyrrole nitrogens is 1. The maximum atomic E-state index is 11.8. The molecule has 7 nitrogen and oxygen atoms in total. The lowest BCUT2D eigenvalue weighted by molar-refractivity contribution is 0.0697. The van der Waals surface area contributed by atoms with E-state index in [0.29, 0.717) is 0 Å². The molecule has 0 fully saturated rings. The fourth-order valence-electron chi connectivity index (χ4n) is 1.35. The Morgan fingerprint density at radius 1 is 1.42 bits per heavy atom. The zero-order chi connectivity index (χ0) is 14.0. The molecule has 1 aromatic carbocycles. The molecule has 0 amide bonds. The normalized spacial score (nSPS) is 11.2. The highest BCUT2D eigenvalue weighted by Crippen LogP contribution is 2.22. The maximum absolute atomic E-state index is 11.8. The number of anilines is 1. The molecule has 0 aliphatic rings. The molecule has 2 aromatic rings. The van der Waals surface area contributed by atoms with Gasteiger partial charge in [-0.3, -0.25) is 4.72 Å². The monoisotopic (exact) mass is 301 g/mol. The number of nitrogens with one attached hydrogen (secondary N) is 2. The number of aromatic carboxylic acids is 1. The lowest BCUT2D eigenvalue weighted by atomic mass is 10.2. The number of imidazole rings is 1. The number of hydrogen-bond donors (Lipinski definition) is 3. The third kappa shape index (κ3) is 2.85. The molecular weight excluding hydrogens is 294 g/mol. The summed E-state index contributed by atoms with van der Waals surface area (Å²) in [4.78, 5) is 16.9. The van der Waals surface area contributed by atoms with Gasteiger partial charge in [0.15, 0.2) is 0 Å². The quantitative estimate of drug-likeness (QED) is 0.793. The first-order chi connectivity index (χ1) is 8.90. The van der Waals surface area contributed by atoms with Crippen LogP contribution in [0.5, 0.6) is 0 Å². The van der Waals surface area contributed by atoms with Crippen LogP contribution >= 0.6 is 11.6 Å². The summed E-state index contributed by atoms with van der Waals surface area (Å²) >= 11 is 5.69. The summed E-state index contributed by atoms with van der Waals surface area (Å²) in [7, 11) is -3.88. The Labute approximate surface area is 113 Å². The molecule has 0 radical (unpaired) electrons. The van der Waals surface area contributed by atoms with Crippen LogP contribution in [-0.2, 0) is 10.0 Å². The van der Waals surface area contributed by atoms with E-state index < -0.39 is 16.0 Å². The number of halogens is 1. The van der Waals surface area contributed by atoms with Crippen molar-refractivity contribution in [1.29, 1.82) is 0 Å². The van der Waals surface area contributed by atoms with E-state index in [1.165, 1.54) is 24.5 Å². The second kappa shape index (κ2) is 4.90. The Balaban J connectivity index is 2.35. The Hall–Kier alpha value is -2.06. The molecule has 1 aromatic heterocycles. The minimum Gasteiger partial charge on any atom is -0.478 e. The minimum absolute atomic E-state index is 0.0217. The average molecular weight is 302 g/mol. The molecular formula is C10H8ClN3O4S. The molecule has 0 unspecified atom stereocenters. The summed E-state index contributed by atoms with van der Waals surface area (Å²) in [5.41, 5.74) is -0.112. The standard InChI is InChI=1S/C10H8ClN3O4S/c11-8-2-1-6(5-7(8)9(15)16)14-19(17,18)10-12-3-4-13-10/h1-5,14H,(H,12,13)(H,15,16). The van der Waals surface area contributed by atoms with Gasteiger partial charge >= 0.3 is 5.97 Å². The van der Waals surface area contributed by atoms with E-state index in [-0.39, 0.29) is 21.4 Å². The zero-order valence-corrected chi connectivity index (χ0v) is 10.9. The Morgan fingerprint density at radius 2 is 2.16 bits per heavy atom.